The van der Waals surface area contributed by atoms with Crippen LogP contribution in [0.2, 0.25) is 0 Å². The summed E-state index contributed by atoms with van der Waals surface area (Å²) in [5.74, 6) is -2.02. The van der Waals surface area contributed by atoms with Crippen molar-refractivity contribution >= 4 is 5.91 Å². The van der Waals surface area contributed by atoms with Gasteiger partial charge in [0.1, 0.15) is 5.82 Å². The van der Waals surface area contributed by atoms with E-state index in [9.17, 15) is 13.6 Å². The third-order valence-corrected chi connectivity index (χ3v) is 4.26. The number of carbonyl (C=O) groups excluding carboxylic acids is 1. The van der Waals surface area contributed by atoms with E-state index in [4.69, 9.17) is 4.74 Å². The van der Waals surface area contributed by atoms with Crippen LogP contribution in [-0.2, 0) is 4.79 Å². The molecule has 0 saturated heterocycles. The average molecular weight is 367 g/mol. The molecule has 0 fully saturated rings. The van der Waals surface area contributed by atoms with Crippen molar-refractivity contribution in [3.63, 3.8) is 0 Å². The maximum atomic E-state index is 13.7. The van der Waals surface area contributed by atoms with Gasteiger partial charge in [0, 0.05) is 13.1 Å². The molecule has 3 aromatic carbocycles. The fourth-order valence-electron chi connectivity index (χ4n) is 2.89. The number of benzene rings is 3. The second kappa shape index (κ2) is 8.45. The zero-order valence-corrected chi connectivity index (χ0v) is 14.8. The van der Waals surface area contributed by atoms with Gasteiger partial charge in [0.15, 0.2) is 18.2 Å². The molecule has 0 aliphatic heterocycles. The molecule has 5 heteroatoms. The summed E-state index contributed by atoms with van der Waals surface area (Å²) < 4.78 is 31.9. The molecule has 1 amide bonds. The van der Waals surface area contributed by atoms with Crippen LogP contribution in [0.25, 0.3) is 0 Å². The van der Waals surface area contributed by atoms with Gasteiger partial charge in [0.05, 0.1) is 6.04 Å². The van der Waals surface area contributed by atoms with E-state index >= 15 is 0 Å². The highest BCUT2D eigenvalue weighted by Crippen LogP contribution is 2.27. The zero-order chi connectivity index (χ0) is 19.2. The lowest BCUT2D eigenvalue weighted by atomic mass is 9.97. The van der Waals surface area contributed by atoms with Crippen LogP contribution >= 0.6 is 0 Å². The molecule has 0 saturated carbocycles. The largest absolute Gasteiger partial charge is 0.481 e. The summed E-state index contributed by atoms with van der Waals surface area (Å²) in [4.78, 5) is 14.2. The first-order valence-electron chi connectivity index (χ1n) is 8.49. The number of ether oxygens (including phenoxy) is 1. The van der Waals surface area contributed by atoms with Crippen LogP contribution in [-0.4, -0.2) is 24.5 Å². The maximum Gasteiger partial charge on any atom is 0.261 e. The fourth-order valence-corrected chi connectivity index (χ4v) is 2.89. The Morgan fingerprint density at radius 2 is 1.48 bits per heavy atom. The standard InChI is InChI=1S/C22H19F2NO2/c1-25(21(26)15-27-20-13-12-18(23)14-19(20)24)22(16-8-4-2-5-9-16)17-10-6-3-7-11-17/h2-14,22H,15H2,1H3. The van der Waals surface area contributed by atoms with Crippen molar-refractivity contribution in [2.24, 2.45) is 0 Å². The molecular weight excluding hydrogens is 348 g/mol. The molecule has 0 aliphatic rings. The number of hydrogen-bond acceptors (Lipinski definition) is 2. The smallest absolute Gasteiger partial charge is 0.261 e. The molecule has 0 spiro atoms. The highest BCUT2D eigenvalue weighted by molar-refractivity contribution is 5.78. The van der Waals surface area contributed by atoms with Crippen molar-refractivity contribution < 1.29 is 18.3 Å². The Kier molecular flexibility index (Phi) is 5.81. The quantitative estimate of drug-likeness (QED) is 0.638. The summed E-state index contributed by atoms with van der Waals surface area (Å²) in [7, 11) is 1.68. The predicted octanol–water partition coefficient (Wildman–Crippen LogP) is 4.59. The summed E-state index contributed by atoms with van der Waals surface area (Å²) in [6.07, 6.45) is 0. The number of carbonyl (C=O) groups is 1. The van der Waals surface area contributed by atoms with Crippen molar-refractivity contribution in [3.05, 3.63) is 102 Å². The van der Waals surface area contributed by atoms with Crippen LogP contribution in [0.4, 0.5) is 8.78 Å². The average Bonchev–Trinajstić information content (AvgIpc) is 2.69. The first-order chi connectivity index (χ1) is 13.1. The van der Waals surface area contributed by atoms with Crippen LogP contribution in [0.1, 0.15) is 17.2 Å². The van der Waals surface area contributed by atoms with Crippen LogP contribution in [0.5, 0.6) is 5.75 Å². The second-order valence-electron chi connectivity index (χ2n) is 6.09. The van der Waals surface area contributed by atoms with E-state index in [1.165, 1.54) is 6.07 Å². The number of halogens is 2. The molecule has 27 heavy (non-hydrogen) atoms. The molecule has 0 atom stereocenters. The van der Waals surface area contributed by atoms with E-state index < -0.39 is 11.6 Å². The van der Waals surface area contributed by atoms with Gasteiger partial charge in [-0.3, -0.25) is 4.79 Å². The normalized spacial score (nSPS) is 10.7. The lowest BCUT2D eigenvalue weighted by Crippen LogP contribution is -2.35. The fraction of sp³-hybridized carbons (Fsp3) is 0.136. The topological polar surface area (TPSA) is 29.5 Å². The van der Waals surface area contributed by atoms with Crippen LogP contribution in [0.3, 0.4) is 0 Å². The molecule has 0 aliphatic carbocycles. The molecule has 138 valence electrons. The number of amides is 1. The SMILES string of the molecule is CN(C(=O)COc1ccc(F)cc1F)C(c1ccccc1)c1ccccc1. The van der Waals surface area contributed by atoms with Crippen molar-refractivity contribution in [2.75, 3.05) is 13.7 Å². The molecule has 0 heterocycles. The minimum atomic E-state index is -0.840. The predicted molar refractivity (Wildman–Crippen MR) is 99.4 cm³/mol. The van der Waals surface area contributed by atoms with Gasteiger partial charge in [-0.1, -0.05) is 60.7 Å². The second-order valence-corrected chi connectivity index (χ2v) is 6.09. The molecule has 0 unspecified atom stereocenters. The molecule has 3 rings (SSSR count). The lowest BCUT2D eigenvalue weighted by Gasteiger charge is -2.29. The Bertz CT molecular complexity index is 861. The molecule has 0 bridgehead atoms. The van der Waals surface area contributed by atoms with Gasteiger partial charge in [-0.15, -0.1) is 0 Å². The maximum absolute atomic E-state index is 13.7. The summed E-state index contributed by atoms with van der Waals surface area (Å²) in [5.41, 5.74) is 1.90. The Morgan fingerprint density at radius 1 is 0.926 bits per heavy atom. The van der Waals surface area contributed by atoms with Gasteiger partial charge >= 0.3 is 0 Å². The molecular formula is C22H19F2NO2. The van der Waals surface area contributed by atoms with E-state index in [0.29, 0.717) is 0 Å². The van der Waals surface area contributed by atoms with Gasteiger partial charge in [0.25, 0.3) is 5.91 Å². The van der Waals surface area contributed by atoms with Crippen LogP contribution in [0, 0.1) is 11.6 Å². The van der Waals surface area contributed by atoms with Gasteiger partial charge in [-0.05, 0) is 23.3 Å². The summed E-state index contributed by atoms with van der Waals surface area (Å²) >= 11 is 0. The summed E-state index contributed by atoms with van der Waals surface area (Å²) in [6.45, 7) is -0.352. The summed E-state index contributed by atoms with van der Waals surface area (Å²) in [6, 6.07) is 21.9. The first kappa shape index (κ1) is 18.6. The van der Waals surface area contributed by atoms with Gasteiger partial charge in [-0.2, -0.15) is 0 Å². The van der Waals surface area contributed by atoms with Crippen molar-refractivity contribution in [1.82, 2.24) is 4.90 Å². The Labute approximate surface area is 156 Å². The van der Waals surface area contributed by atoms with E-state index in [1.807, 2.05) is 60.7 Å². The Hall–Kier alpha value is -3.21. The highest BCUT2D eigenvalue weighted by Gasteiger charge is 2.24. The minimum absolute atomic E-state index is 0.158. The number of nitrogens with zero attached hydrogens (tertiary/aromatic N) is 1. The lowest BCUT2D eigenvalue weighted by molar-refractivity contribution is -0.133. The van der Waals surface area contributed by atoms with Crippen molar-refractivity contribution in [1.29, 1.82) is 0 Å². The van der Waals surface area contributed by atoms with Crippen LogP contribution in [0.15, 0.2) is 78.9 Å². The number of rotatable bonds is 6. The molecule has 0 N–H and O–H groups in total. The Balaban J connectivity index is 1.79. The van der Waals surface area contributed by atoms with Crippen molar-refractivity contribution in [3.8, 4) is 5.75 Å². The molecule has 3 nitrogen and oxygen atoms in total. The van der Waals surface area contributed by atoms with E-state index in [1.54, 1.807) is 11.9 Å². The van der Waals surface area contributed by atoms with Crippen LogP contribution < -0.4 is 4.74 Å². The van der Waals surface area contributed by atoms with E-state index in [0.717, 1.165) is 23.3 Å². The molecule has 0 radical (unpaired) electrons. The van der Waals surface area contributed by atoms with Gasteiger partial charge < -0.3 is 9.64 Å². The first-order valence-corrected chi connectivity index (χ1v) is 8.49. The van der Waals surface area contributed by atoms with Crippen molar-refractivity contribution in [2.45, 2.75) is 6.04 Å². The van der Waals surface area contributed by atoms with Gasteiger partial charge in [0.2, 0.25) is 0 Å². The third kappa shape index (κ3) is 4.50. The minimum Gasteiger partial charge on any atom is -0.481 e. The van der Waals surface area contributed by atoms with Gasteiger partial charge in [-0.25, -0.2) is 8.78 Å². The number of likely N-dealkylation sites (N-methyl/N-ethyl adjacent to an activating group) is 1. The third-order valence-electron chi connectivity index (χ3n) is 4.26. The van der Waals surface area contributed by atoms with E-state index in [2.05, 4.69) is 0 Å². The van der Waals surface area contributed by atoms with E-state index in [-0.39, 0.29) is 24.3 Å². The Morgan fingerprint density at radius 3 is 2.00 bits per heavy atom. The monoisotopic (exact) mass is 367 g/mol. The molecule has 0 aromatic heterocycles. The summed E-state index contributed by atoms with van der Waals surface area (Å²) in [5, 5.41) is 0. The number of hydrogen-bond donors (Lipinski definition) is 0. The molecule has 3 aromatic rings. The zero-order valence-electron chi connectivity index (χ0n) is 14.8. The highest BCUT2D eigenvalue weighted by atomic mass is 19.1.